The molecule has 0 radical (unpaired) electrons. The average Bonchev–Trinajstić information content (AvgIpc) is 2.39. The summed E-state index contributed by atoms with van der Waals surface area (Å²) >= 11 is 6.36. The lowest BCUT2D eigenvalue weighted by atomic mass is 10.1. The van der Waals surface area contributed by atoms with Gasteiger partial charge < -0.3 is 10.6 Å². The third-order valence-electron chi connectivity index (χ3n) is 3.23. The molecule has 2 rings (SSSR count). The molecule has 0 amide bonds. The van der Waals surface area contributed by atoms with Crippen LogP contribution in [0.1, 0.15) is 11.1 Å². The van der Waals surface area contributed by atoms with Crippen LogP contribution in [0, 0.1) is 6.92 Å². The summed E-state index contributed by atoms with van der Waals surface area (Å²) in [4.78, 5) is 2.09. The molecule has 19 heavy (non-hydrogen) atoms. The summed E-state index contributed by atoms with van der Waals surface area (Å²) in [6.45, 7) is 2.72. The Balaban J connectivity index is 2.28. The Bertz CT molecular complexity index is 549. The van der Waals surface area contributed by atoms with Crippen LogP contribution in [-0.4, -0.2) is 13.6 Å². The predicted molar refractivity (Wildman–Crippen MR) is 83.5 cm³/mol. The van der Waals surface area contributed by atoms with Crippen LogP contribution in [0.5, 0.6) is 0 Å². The van der Waals surface area contributed by atoms with Gasteiger partial charge in [-0.05, 0) is 49.7 Å². The highest BCUT2D eigenvalue weighted by atomic mass is 35.5. The van der Waals surface area contributed by atoms with Crippen molar-refractivity contribution in [1.82, 2.24) is 0 Å². The van der Waals surface area contributed by atoms with Gasteiger partial charge in [0.2, 0.25) is 0 Å². The van der Waals surface area contributed by atoms with E-state index in [9.17, 15) is 0 Å². The largest absolute Gasteiger partial charge is 0.343 e. The van der Waals surface area contributed by atoms with E-state index in [4.69, 9.17) is 17.3 Å². The van der Waals surface area contributed by atoms with E-state index in [1.807, 2.05) is 19.2 Å². The van der Waals surface area contributed by atoms with E-state index in [0.29, 0.717) is 6.54 Å². The molecule has 100 valence electrons. The molecule has 2 aromatic rings. The average molecular weight is 275 g/mol. The van der Waals surface area contributed by atoms with Crippen molar-refractivity contribution in [3.63, 3.8) is 0 Å². The van der Waals surface area contributed by atoms with Gasteiger partial charge in [0.05, 0.1) is 10.7 Å². The third-order valence-corrected chi connectivity index (χ3v) is 3.53. The minimum absolute atomic E-state index is 0.642. The van der Waals surface area contributed by atoms with Crippen molar-refractivity contribution in [3.8, 4) is 0 Å². The van der Waals surface area contributed by atoms with Crippen LogP contribution >= 0.6 is 11.6 Å². The van der Waals surface area contributed by atoms with Crippen LogP contribution in [0.15, 0.2) is 42.5 Å². The molecule has 2 N–H and O–H groups in total. The number of rotatable bonds is 4. The number of hydrogen-bond donors (Lipinski definition) is 1. The predicted octanol–water partition coefficient (Wildman–Crippen LogP) is 3.92. The van der Waals surface area contributed by atoms with Crippen LogP contribution in [0.3, 0.4) is 0 Å². The second-order valence-electron chi connectivity index (χ2n) is 4.72. The zero-order valence-electron chi connectivity index (χ0n) is 11.4. The van der Waals surface area contributed by atoms with Crippen molar-refractivity contribution in [2.75, 3.05) is 18.5 Å². The molecule has 0 spiro atoms. The van der Waals surface area contributed by atoms with Crippen molar-refractivity contribution < 1.29 is 0 Å². The highest BCUT2D eigenvalue weighted by Gasteiger charge is 2.08. The number of aryl methyl sites for hydroxylation is 1. The molecule has 0 heterocycles. The Labute approximate surface area is 119 Å². The summed E-state index contributed by atoms with van der Waals surface area (Å²) in [6, 6.07) is 14.5. The molecule has 0 aliphatic carbocycles. The van der Waals surface area contributed by atoms with Crippen molar-refractivity contribution in [2.24, 2.45) is 5.73 Å². The maximum absolute atomic E-state index is 6.36. The molecule has 0 saturated heterocycles. The van der Waals surface area contributed by atoms with Crippen LogP contribution in [0.25, 0.3) is 0 Å². The van der Waals surface area contributed by atoms with Crippen LogP contribution in [0.4, 0.5) is 11.4 Å². The van der Waals surface area contributed by atoms with E-state index < -0.39 is 0 Å². The van der Waals surface area contributed by atoms with Gasteiger partial charge in [-0.1, -0.05) is 35.4 Å². The second-order valence-corrected chi connectivity index (χ2v) is 5.13. The fourth-order valence-electron chi connectivity index (χ4n) is 2.05. The lowest BCUT2D eigenvalue weighted by molar-refractivity contribution is 0.968. The first-order chi connectivity index (χ1) is 9.11. The summed E-state index contributed by atoms with van der Waals surface area (Å²) < 4.78 is 0. The Kier molecular flexibility index (Phi) is 4.46. The number of halogens is 1. The number of anilines is 2. The highest BCUT2D eigenvalue weighted by molar-refractivity contribution is 6.33. The summed E-state index contributed by atoms with van der Waals surface area (Å²) in [5, 5.41) is 0.758. The minimum Gasteiger partial charge on any atom is -0.343 e. The molecular weight excluding hydrogens is 256 g/mol. The first-order valence-corrected chi connectivity index (χ1v) is 6.78. The van der Waals surface area contributed by atoms with Gasteiger partial charge in [-0.25, -0.2) is 0 Å². The molecule has 3 heteroatoms. The lowest BCUT2D eigenvalue weighted by Gasteiger charge is -2.21. The van der Waals surface area contributed by atoms with E-state index in [1.165, 1.54) is 11.1 Å². The van der Waals surface area contributed by atoms with E-state index >= 15 is 0 Å². The first kappa shape index (κ1) is 13.9. The number of benzene rings is 2. The van der Waals surface area contributed by atoms with E-state index in [0.717, 1.165) is 22.8 Å². The monoisotopic (exact) mass is 274 g/mol. The molecular formula is C16H19ClN2. The van der Waals surface area contributed by atoms with Gasteiger partial charge in [0, 0.05) is 12.7 Å². The number of hydrogen-bond acceptors (Lipinski definition) is 2. The quantitative estimate of drug-likeness (QED) is 0.916. The maximum Gasteiger partial charge on any atom is 0.0645 e. The van der Waals surface area contributed by atoms with Crippen molar-refractivity contribution >= 4 is 23.0 Å². The molecule has 2 nitrogen and oxygen atoms in total. The van der Waals surface area contributed by atoms with E-state index in [1.54, 1.807) is 0 Å². The normalized spacial score (nSPS) is 10.5. The third kappa shape index (κ3) is 3.28. The molecule has 2 aromatic carbocycles. The standard InChI is InChI=1S/C16H19ClN2/c1-12-3-6-14(7-4-12)19(2)16-8-5-13(9-10-18)11-15(16)17/h3-8,11H,9-10,18H2,1-2H3. The molecule has 0 unspecified atom stereocenters. The summed E-state index contributed by atoms with van der Waals surface area (Å²) in [5.74, 6) is 0. The van der Waals surface area contributed by atoms with Crippen LogP contribution in [-0.2, 0) is 6.42 Å². The van der Waals surface area contributed by atoms with Gasteiger partial charge in [0.15, 0.2) is 0 Å². The van der Waals surface area contributed by atoms with Gasteiger partial charge in [-0.3, -0.25) is 0 Å². The summed E-state index contributed by atoms with van der Waals surface area (Å²) in [7, 11) is 2.02. The van der Waals surface area contributed by atoms with Crippen molar-refractivity contribution in [1.29, 1.82) is 0 Å². The molecule has 0 bridgehead atoms. The Morgan fingerprint density at radius 1 is 1.11 bits per heavy atom. The fraction of sp³-hybridized carbons (Fsp3) is 0.250. The van der Waals surface area contributed by atoms with Crippen LogP contribution in [0.2, 0.25) is 5.02 Å². The Morgan fingerprint density at radius 3 is 2.37 bits per heavy atom. The number of nitrogens with two attached hydrogens (primary N) is 1. The summed E-state index contributed by atoms with van der Waals surface area (Å²) in [5.41, 5.74) is 10.1. The highest BCUT2D eigenvalue weighted by Crippen LogP contribution is 2.31. The van der Waals surface area contributed by atoms with E-state index in [-0.39, 0.29) is 0 Å². The number of nitrogens with zero attached hydrogens (tertiary/aromatic N) is 1. The molecule has 0 aliphatic heterocycles. The lowest BCUT2D eigenvalue weighted by Crippen LogP contribution is -2.10. The van der Waals surface area contributed by atoms with Gasteiger partial charge in [-0.15, -0.1) is 0 Å². The molecule has 0 atom stereocenters. The molecule has 0 saturated carbocycles. The second kappa shape index (κ2) is 6.09. The summed E-state index contributed by atoms with van der Waals surface area (Å²) in [6.07, 6.45) is 0.855. The van der Waals surface area contributed by atoms with E-state index in [2.05, 4.69) is 42.2 Å². The minimum atomic E-state index is 0.642. The fourth-order valence-corrected chi connectivity index (χ4v) is 2.38. The van der Waals surface area contributed by atoms with Crippen molar-refractivity contribution in [2.45, 2.75) is 13.3 Å². The SMILES string of the molecule is Cc1ccc(N(C)c2ccc(CCN)cc2Cl)cc1. The van der Waals surface area contributed by atoms with Gasteiger partial charge in [-0.2, -0.15) is 0 Å². The van der Waals surface area contributed by atoms with Crippen LogP contribution < -0.4 is 10.6 Å². The Hall–Kier alpha value is -1.51. The first-order valence-electron chi connectivity index (χ1n) is 6.40. The van der Waals surface area contributed by atoms with Gasteiger partial charge in [0.25, 0.3) is 0 Å². The van der Waals surface area contributed by atoms with Crippen molar-refractivity contribution in [3.05, 3.63) is 58.6 Å². The maximum atomic E-state index is 6.36. The molecule has 0 aromatic heterocycles. The zero-order chi connectivity index (χ0) is 13.8. The smallest absolute Gasteiger partial charge is 0.0645 e. The van der Waals surface area contributed by atoms with Gasteiger partial charge >= 0.3 is 0 Å². The van der Waals surface area contributed by atoms with Gasteiger partial charge in [0.1, 0.15) is 0 Å². The molecule has 0 fully saturated rings. The Morgan fingerprint density at radius 2 is 1.79 bits per heavy atom. The topological polar surface area (TPSA) is 29.3 Å². The molecule has 0 aliphatic rings. The zero-order valence-corrected chi connectivity index (χ0v) is 12.1.